The Morgan fingerprint density at radius 1 is 0.692 bits per heavy atom. The number of ether oxygens (including phenoxy) is 1. The zero-order chi connectivity index (χ0) is 17.9. The van der Waals surface area contributed by atoms with E-state index in [9.17, 15) is 0 Å². The average Bonchev–Trinajstić information content (AvgIpc) is 2.69. The molecule has 3 aromatic carbocycles. The molecule has 0 amide bonds. The Morgan fingerprint density at radius 2 is 1.23 bits per heavy atom. The molecule has 0 aromatic heterocycles. The monoisotopic (exact) mass is 380 g/mol. The van der Waals surface area contributed by atoms with Crippen molar-refractivity contribution in [2.75, 3.05) is 0 Å². The molecule has 0 unspecified atom stereocenters. The Balaban J connectivity index is 1.81. The second kappa shape index (κ2) is 7.32. The summed E-state index contributed by atoms with van der Waals surface area (Å²) in [7, 11) is 0. The zero-order valence-corrected chi connectivity index (χ0v) is 15.2. The summed E-state index contributed by atoms with van der Waals surface area (Å²) in [5.74, 6) is 1.02. The first kappa shape index (κ1) is 16.8. The van der Waals surface area contributed by atoms with Gasteiger partial charge in [-0.1, -0.05) is 65.7 Å². The van der Waals surface area contributed by atoms with Gasteiger partial charge in [-0.3, -0.25) is 0 Å². The highest BCUT2D eigenvalue weighted by Crippen LogP contribution is 2.32. The SMILES string of the molecule is Clc1ccc(C2N=C(c3ccccc3)OC(c3ccccc3)=N2)c(Cl)c1. The molecule has 1 aliphatic heterocycles. The van der Waals surface area contributed by atoms with E-state index < -0.39 is 6.17 Å². The van der Waals surface area contributed by atoms with Gasteiger partial charge in [-0.15, -0.1) is 0 Å². The summed E-state index contributed by atoms with van der Waals surface area (Å²) in [4.78, 5) is 9.34. The minimum Gasteiger partial charge on any atom is -0.420 e. The van der Waals surface area contributed by atoms with E-state index in [1.54, 1.807) is 12.1 Å². The highest BCUT2D eigenvalue weighted by Gasteiger charge is 2.24. The zero-order valence-electron chi connectivity index (χ0n) is 13.6. The lowest BCUT2D eigenvalue weighted by atomic mass is 10.1. The number of hydrogen-bond acceptors (Lipinski definition) is 3. The van der Waals surface area contributed by atoms with Crippen LogP contribution in [0.1, 0.15) is 22.9 Å². The Labute approximate surface area is 161 Å². The highest BCUT2D eigenvalue weighted by molar-refractivity contribution is 6.35. The molecule has 1 heterocycles. The molecule has 0 saturated heterocycles. The van der Waals surface area contributed by atoms with Gasteiger partial charge < -0.3 is 4.74 Å². The first-order valence-corrected chi connectivity index (χ1v) is 8.85. The van der Waals surface area contributed by atoms with Crippen LogP contribution in [0.15, 0.2) is 88.8 Å². The summed E-state index contributed by atoms with van der Waals surface area (Å²) in [5.41, 5.74) is 2.54. The third-order valence-corrected chi connectivity index (χ3v) is 4.52. The maximum absolute atomic E-state index is 6.39. The summed E-state index contributed by atoms with van der Waals surface area (Å²) in [6, 6.07) is 24.8. The molecular weight excluding hydrogens is 367 g/mol. The van der Waals surface area contributed by atoms with Crippen molar-refractivity contribution in [3.63, 3.8) is 0 Å². The minimum atomic E-state index is -0.501. The van der Waals surface area contributed by atoms with Crippen molar-refractivity contribution in [2.45, 2.75) is 6.17 Å². The summed E-state index contributed by atoms with van der Waals surface area (Å²) in [5, 5.41) is 1.10. The molecule has 1 aliphatic rings. The Bertz CT molecular complexity index is 930. The number of nitrogens with zero attached hydrogens (tertiary/aromatic N) is 2. The lowest BCUT2D eigenvalue weighted by Crippen LogP contribution is -2.21. The van der Waals surface area contributed by atoms with Gasteiger partial charge in [-0.25, -0.2) is 9.98 Å². The van der Waals surface area contributed by atoms with Crippen LogP contribution in [0.25, 0.3) is 0 Å². The van der Waals surface area contributed by atoms with E-state index in [2.05, 4.69) is 9.98 Å². The van der Waals surface area contributed by atoms with Gasteiger partial charge in [0.15, 0.2) is 6.17 Å². The van der Waals surface area contributed by atoms with Crippen molar-refractivity contribution in [3.8, 4) is 0 Å². The Morgan fingerprint density at radius 3 is 1.73 bits per heavy atom. The predicted molar refractivity (Wildman–Crippen MR) is 106 cm³/mol. The van der Waals surface area contributed by atoms with Crippen LogP contribution in [0.4, 0.5) is 0 Å². The van der Waals surface area contributed by atoms with E-state index in [0.717, 1.165) is 16.7 Å². The third kappa shape index (κ3) is 3.50. The molecule has 0 radical (unpaired) electrons. The quantitative estimate of drug-likeness (QED) is 0.555. The van der Waals surface area contributed by atoms with Crippen molar-refractivity contribution in [1.29, 1.82) is 0 Å². The number of benzene rings is 3. The molecule has 0 saturated carbocycles. The smallest absolute Gasteiger partial charge is 0.226 e. The topological polar surface area (TPSA) is 34.0 Å². The Hall–Kier alpha value is -2.62. The molecule has 26 heavy (non-hydrogen) atoms. The van der Waals surface area contributed by atoms with E-state index in [-0.39, 0.29) is 0 Å². The number of rotatable bonds is 3. The lowest BCUT2D eigenvalue weighted by Gasteiger charge is -2.21. The van der Waals surface area contributed by atoms with Gasteiger partial charge in [0.05, 0.1) is 0 Å². The van der Waals surface area contributed by atoms with Gasteiger partial charge in [0.2, 0.25) is 11.8 Å². The van der Waals surface area contributed by atoms with Crippen molar-refractivity contribution in [2.24, 2.45) is 9.98 Å². The first-order chi connectivity index (χ1) is 12.7. The van der Waals surface area contributed by atoms with Gasteiger partial charge in [-0.2, -0.15) is 0 Å². The number of halogens is 2. The molecule has 4 rings (SSSR count). The Kier molecular flexibility index (Phi) is 4.74. The third-order valence-electron chi connectivity index (χ3n) is 3.95. The van der Waals surface area contributed by atoms with Crippen molar-refractivity contribution < 1.29 is 4.74 Å². The molecule has 3 nitrogen and oxygen atoms in total. The summed E-state index contributed by atoms with van der Waals surface area (Å²) in [6.45, 7) is 0. The van der Waals surface area contributed by atoms with Crippen LogP contribution in [-0.4, -0.2) is 11.8 Å². The van der Waals surface area contributed by atoms with E-state index in [1.807, 2.05) is 66.7 Å². The molecule has 0 atom stereocenters. The van der Waals surface area contributed by atoms with Crippen molar-refractivity contribution in [3.05, 3.63) is 106 Å². The maximum atomic E-state index is 6.39. The van der Waals surface area contributed by atoms with Crippen LogP contribution in [0.2, 0.25) is 10.0 Å². The average molecular weight is 381 g/mol. The van der Waals surface area contributed by atoms with E-state index in [0.29, 0.717) is 21.8 Å². The van der Waals surface area contributed by atoms with Gasteiger partial charge >= 0.3 is 0 Å². The van der Waals surface area contributed by atoms with Crippen LogP contribution >= 0.6 is 23.2 Å². The molecular formula is C21H14Cl2N2O. The fourth-order valence-electron chi connectivity index (χ4n) is 2.67. The van der Waals surface area contributed by atoms with Gasteiger partial charge in [0.1, 0.15) is 0 Å². The molecule has 0 spiro atoms. The maximum Gasteiger partial charge on any atom is 0.226 e. The molecule has 3 aromatic rings. The summed E-state index contributed by atoms with van der Waals surface area (Å²) >= 11 is 12.4. The molecule has 5 heteroatoms. The predicted octanol–water partition coefficient (Wildman–Crippen LogP) is 5.92. The van der Waals surface area contributed by atoms with Gasteiger partial charge in [0.25, 0.3) is 0 Å². The van der Waals surface area contributed by atoms with Gasteiger partial charge in [0, 0.05) is 26.7 Å². The van der Waals surface area contributed by atoms with Crippen molar-refractivity contribution >= 4 is 35.0 Å². The first-order valence-electron chi connectivity index (χ1n) is 8.10. The fraction of sp³-hybridized carbons (Fsp3) is 0.0476. The summed E-state index contributed by atoms with van der Waals surface area (Å²) < 4.78 is 6.00. The van der Waals surface area contributed by atoms with Crippen LogP contribution in [0.3, 0.4) is 0 Å². The van der Waals surface area contributed by atoms with Crippen molar-refractivity contribution in [1.82, 2.24) is 0 Å². The van der Waals surface area contributed by atoms with Crippen LogP contribution in [0.5, 0.6) is 0 Å². The molecule has 0 N–H and O–H groups in total. The molecule has 0 fully saturated rings. The minimum absolute atomic E-state index is 0.501. The van der Waals surface area contributed by atoms with Crippen LogP contribution in [0, 0.1) is 0 Å². The fourth-order valence-corrected chi connectivity index (χ4v) is 3.18. The standard InChI is InChI=1S/C21H14Cl2N2O/c22-16-11-12-17(18(23)13-16)19-24-20(14-7-3-1-4-8-14)26-21(25-19)15-9-5-2-6-10-15/h1-13,19H. The molecule has 0 aliphatic carbocycles. The molecule has 128 valence electrons. The molecule has 0 bridgehead atoms. The van der Waals surface area contributed by atoms with E-state index >= 15 is 0 Å². The largest absolute Gasteiger partial charge is 0.420 e. The summed E-state index contributed by atoms with van der Waals surface area (Å²) in [6.07, 6.45) is -0.501. The highest BCUT2D eigenvalue weighted by atomic mass is 35.5. The van der Waals surface area contributed by atoms with Crippen LogP contribution in [-0.2, 0) is 4.74 Å². The second-order valence-corrected chi connectivity index (χ2v) is 6.59. The van der Waals surface area contributed by atoms with Crippen LogP contribution < -0.4 is 0 Å². The lowest BCUT2D eigenvalue weighted by molar-refractivity contribution is 0.502. The number of aliphatic imine (C=N–C) groups is 2. The van der Waals surface area contributed by atoms with Gasteiger partial charge in [-0.05, 0) is 36.4 Å². The second-order valence-electron chi connectivity index (χ2n) is 5.74. The normalized spacial score (nSPS) is 14.4. The number of hydrogen-bond donors (Lipinski definition) is 0. The van der Waals surface area contributed by atoms with E-state index in [4.69, 9.17) is 27.9 Å². The van der Waals surface area contributed by atoms with E-state index in [1.165, 1.54) is 0 Å².